The molecule has 0 bridgehead atoms. The number of likely N-dealkylation sites (N-methyl/N-ethyl adjacent to an activating group) is 1. The average molecular weight is 325 g/mol. The molecule has 1 fully saturated rings. The summed E-state index contributed by atoms with van der Waals surface area (Å²) in [6, 6.07) is 0. The van der Waals surface area contributed by atoms with Crippen LogP contribution in [0.25, 0.3) is 0 Å². The maximum atomic E-state index is 12.0. The summed E-state index contributed by atoms with van der Waals surface area (Å²) in [6.45, 7) is 4.19. The second kappa shape index (κ2) is 8.21. The lowest BCUT2D eigenvalue weighted by Gasteiger charge is -2.32. The second-order valence-corrected chi connectivity index (χ2v) is 6.30. The SMILES string of the molecule is CN1CCN(C(=O)CCNC(=O)c2csc(CCN)n2)CC1. The van der Waals surface area contributed by atoms with Gasteiger partial charge in [-0.25, -0.2) is 4.98 Å². The van der Waals surface area contributed by atoms with E-state index in [0.29, 0.717) is 31.6 Å². The smallest absolute Gasteiger partial charge is 0.270 e. The first-order valence-electron chi connectivity index (χ1n) is 7.49. The van der Waals surface area contributed by atoms with E-state index in [2.05, 4.69) is 22.2 Å². The molecule has 2 rings (SSSR count). The van der Waals surface area contributed by atoms with Gasteiger partial charge >= 0.3 is 0 Å². The zero-order chi connectivity index (χ0) is 15.9. The highest BCUT2D eigenvalue weighted by molar-refractivity contribution is 7.09. The average Bonchev–Trinajstić information content (AvgIpc) is 2.97. The van der Waals surface area contributed by atoms with Crippen LogP contribution in [0.3, 0.4) is 0 Å². The summed E-state index contributed by atoms with van der Waals surface area (Å²) in [7, 11) is 2.05. The largest absolute Gasteiger partial charge is 0.350 e. The first-order valence-corrected chi connectivity index (χ1v) is 8.37. The van der Waals surface area contributed by atoms with Gasteiger partial charge in [-0.05, 0) is 13.6 Å². The molecule has 3 N–H and O–H groups in total. The molecule has 0 atom stereocenters. The lowest BCUT2D eigenvalue weighted by Crippen LogP contribution is -2.47. The normalized spacial score (nSPS) is 15.8. The number of nitrogens with one attached hydrogen (secondary N) is 1. The molecule has 0 unspecified atom stereocenters. The molecular weight excluding hydrogens is 302 g/mol. The van der Waals surface area contributed by atoms with E-state index in [9.17, 15) is 9.59 Å². The summed E-state index contributed by atoms with van der Waals surface area (Å²) in [6.07, 6.45) is 1.01. The van der Waals surface area contributed by atoms with Crippen LogP contribution in [0.2, 0.25) is 0 Å². The fourth-order valence-electron chi connectivity index (χ4n) is 2.24. The molecule has 1 saturated heterocycles. The summed E-state index contributed by atoms with van der Waals surface area (Å²) in [5.41, 5.74) is 5.86. The van der Waals surface area contributed by atoms with Crippen LogP contribution >= 0.6 is 11.3 Å². The molecule has 1 aromatic heterocycles. The number of carbonyl (C=O) groups is 2. The maximum Gasteiger partial charge on any atom is 0.270 e. The van der Waals surface area contributed by atoms with E-state index in [1.54, 1.807) is 5.38 Å². The molecule has 2 heterocycles. The van der Waals surface area contributed by atoms with Gasteiger partial charge in [-0.1, -0.05) is 0 Å². The van der Waals surface area contributed by atoms with Gasteiger partial charge in [0.1, 0.15) is 5.69 Å². The summed E-state index contributed by atoms with van der Waals surface area (Å²) in [4.78, 5) is 32.3. The minimum atomic E-state index is -0.231. The molecule has 0 radical (unpaired) electrons. The van der Waals surface area contributed by atoms with E-state index in [1.165, 1.54) is 11.3 Å². The predicted molar refractivity (Wildman–Crippen MR) is 85.9 cm³/mol. The Morgan fingerprint density at radius 1 is 1.36 bits per heavy atom. The van der Waals surface area contributed by atoms with Crippen LogP contribution in [0.4, 0.5) is 0 Å². The number of carbonyl (C=O) groups excluding carboxylic acids is 2. The third-order valence-corrected chi connectivity index (χ3v) is 4.53. The van der Waals surface area contributed by atoms with Crippen molar-refractivity contribution in [3.05, 3.63) is 16.1 Å². The fourth-order valence-corrected chi connectivity index (χ4v) is 3.04. The molecule has 0 aromatic carbocycles. The lowest BCUT2D eigenvalue weighted by molar-refractivity contribution is -0.132. The van der Waals surface area contributed by atoms with Crippen molar-refractivity contribution in [1.82, 2.24) is 20.1 Å². The van der Waals surface area contributed by atoms with E-state index in [-0.39, 0.29) is 11.8 Å². The summed E-state index contributed by atoms with van der Waals surface area (Å²) >= 11 is 1.43. The standard InChI is InChI=1S/C14H23N5O2S/c1-18-6-8-19(9-7-18)13(20)3-5-16-14(21)11-10-22-12(17-11)2-4-15/h10H,2-9,15H2,1H3,(H,16,21). The first kappa shape index (κ1) is 16.9. The minimum absolute atomic E-state index is 0.0931. The molecule has 7 nitrogen and oxygen atoms in total. The van der Waals surface area contributed by atoms with Crippen LogP contribution in [0.5, 0.6) is 0 Å². The molecule has 0 saturated carbocycles. The second-order valence-electron chi connectivity index (χ2n) is 5.36. The van der Waals surface area contributed by atoms with Crippen LogP contribution in [0, 0.1) is 0 Å². The van der Waals surface area contributed by atoms with Gasteiger partial charge in [0, 0.05) is 50.9 Å². The van der Waals surface area contributed by atoms with Gasteiger partial charge in [0.15, 0.2) is 0 Å². The molecule has 2 amide bonds. The third-order valence-electron chi connectivity index (χ3n) is 3.62. The molecule has 22 heavy (non-hydrogen) atoms. The lowest BCUT2D eigenvalue weighted by atomic mass is 10.3. The highest BCUT2D eigenvalue weighted by atomic mass is 32.1. The number of piperazine rings is 1. The Morgan fingerprint density at radius 3 is 2.77 bits per heavy atom. The van der Waals surface area contributed by atoms with Gasteiger partial charge in [-0.15, -0.1) is 11.3 Å². The van der Waals surface area contributed by atoms with Crippen molar-refractivity contribution in [1.29, 1.82) is 0 Å². The molecule has 122 valence electrons. The highest BCUT2D eigenvalue weighted by Crippen LogP contribution is 2.09. The zero-order valence-corrected chi connectivity index (χ0v) is 13.7. The van der Waals surface area contributed by atoms with Crippen molar-refractivity contribution in [2.75, 3.05) is 46.3 Å². The van der Waals surface area contributed by atoms with Gasteiger partial charge in [-0.3, -0.25) is 9.59 Å². The Morgan fingerprint density at radius 2 is 2.09 bits per heavy atom. The summed E-state index contributed by atoms with van der Waals surface area (Å²) < 4.78 is 0. The summed E-state index contributed by atoms with van der Waals surface area (Å²) in [5.74, 6) is -0.138. The van der Waals surface area contributed by atoms with Crippen molar-refractivity contribution in [2.45, 2.75) is 12.8 Å². The van der Waals surface area contributed by atoms with Crippen LogP contribution in [0.1, 0.15) is 21.9 Å². The Hall–Kier alpha value is -1.51. The molecule has 0 spiro atoms. The molecule has 8 heteroatoms. The van der Waals surface area contributed by atoms with Crippen LogP contribution < -0.4 is 11.1 Å². The van der Waals surface area contributed by atoms with E-state index < -0.39 is 0 Å². The number of rotatable bonds is 6. The number of aromatic nitrogens is 1. The number of nitrogens with zero attached hydrogens (tertiary/aromatic N) is 3. The van der Waals surface area contributed by atoms with Crippen LogP contribution in [-0.4, -0.2) is 72.9 Å². The van der Waals surface area contributed by atoms with Gasteiger partial charge in [0.2, 0.25) is 5.91 Å². The third kappa shape index (κ3) is 4.75. The molecule has 1 aliphatic heterocycles. The quantitative estimate of drug-likeness (QED) is 0.738. The number of nitrogens with two attached hydrogens (primary N) is 1. The molecule has 1 aromatic rings. The van der Waals surface area contributed by atoms with Crippen molar-refractivity contribution in [2.24, 2.45) is 5.73 Å². The van der Waals surface area contributed by atoms with Crippen molar-refractivity contribution < 1.29 is 9.59 Å². The van der Waals surface area contributed by atoms with E-state index >= 15 is 0 Å². The van der Waals surface area contributed by atoms with Crippen LogP contribution in [-0.2, 0) is 11.2 Å². The number of amides is 2. The van der Waals surface area contributed by atoms with Crippen molar-refractivity contribution in [3.63, 3.8) is 0 Å². The van der Waals surface area contributed by atoms with Crippen molar-refractivity contribution >= 4 is 23.2 Å². The Kier molecular flexibility index (Phi) is 6.29. The minimum Gasteiger partial charge on any atom is -0.350 e. The van der Waals surface area contributed by atoms with Gasteiger partial charge in [-0.2, -0.15) is 0 Å². The summed E-state index contributed by atoms with van der Waals surface area (Å²) in [5, 5.41) is 5.34. The number of hydrogen-bond acceptors (Lipinski definition) is 6. The fraction of sp³-hybridized carbons (Fsp3) is 0.643. The first-order chi connectivity index (χ1) is 10.6. The van der Waals surface area contributed by atoms with Crippen LogP contribution in [0.15, 0.2) is 5.38 Å². The molecule has 0 aliphatic carbocycles. The Labute approximate surface area is 134 Å². The van der Waals surface area contributed by atoms with Crippen molar-refractivity contribution in [3.8, 4) is 0 Å². The zero-order valence-electron chi connectivity index (χ0n) is 12.9. The van der Waals surface area contributed by atoms with Gasteiger partial charge < -0.3 is 20.9 Å². The number of thiazole rings is 1. The highest BCUT2D eigenvalue weighted by Gasteiger charge is 2.19. The molecular formula is C14H23N5O2S. The number of hydrogen-bond donors (Lipinski definition) is 2. The van der Waals surface area contributed by atoms with E-state index in [1.807, 2.05) is 4.90 Å². The van der Waals surface area contributed by atoms with Gasteiger partial charge in [0.05, 0.1) is 5.01 Å². The van der Waals surface area contributed by atoms with E-state index in [4.69, 9.17) is 5.73 Å². The maximum absolute atomic E-state index is 12.0. The topological polar surface area (TPSA) is 91.6 Å². The monoisotopic (exact) mass is 325 g/mol. The Balaban J connectivity index is 1.71. The molecule has 1 aliphatic rings. The Bertz CT molecular complexity index is 511. The van der Waals surface area contributed by atoms with Gasteiger partial charge in [0.25, 0.3) is 5.91 Å². The van der Waals surface area contributed by atoms with E-state index in [0.717, 1.165) is 31.2 Å². The predicted octanol–water partition coefficient (Wildman–Crippen LogP) is -0.462.